The number of carbonyl (C=O) groups is 2. The predicted octanol–water partition coefficient (Wildman–Crippen LogP) is 2.32. The highest BCUT2D eigenvalue weighted by molar-refractivity contribution is 5.99. The lowest BCUT2D eigenvalue weighted by atomic mass is 10.1. The molecule has 0 aromatic heterocycles. The fourth-order valence-electron chi connectivity index (χ4n) is 3.72. The number of benzene rings is 2. The van der Waals surface area contributed by atoms with Crippen LogP contribution in [0.1, 0.15) is 12.0 Å². The maximum absolute atomic E-state index is 12.4. The lowest BCUT2D eigenvalue weighted by Crippen LogP contribution is -2.45. The molecule has 7 nitrogen and oxygen atoms in total. The van der Waals surface area contributed by atoms with E-state index in [0.717, 1.165) is 44.1 Å². The van der Waals surface area contributed by atoms with Crippen molar-refractivity contribution in [1.82, 2.24) is 4.90 Å². The molecule has 2 heterocycles. The van der Waals surface area contributed by atoms with Gasteiger partial charge in [0.15, 0.2) is 6.61 Å². The average molecular weight is 409 g/mol. The molecule has 1 saturated heterocycles. The van der Waals surface area contributed by atoms with Crippen LogP contribution in [0.3, 0.4) is 0 Å². The van der Waals surface area contributed by atoms with E-state index in [0.29, 0.717) is 30.8 Å². The largest absolute Gasteiger partial charge is 0.481 e. The summed E-state index contributed by atoms with van der Waals surface area (Å²) in [6, 6.07) is 15.4. The molecule has 2 aliphatic rings. The molecular weight excluding hydrogens is 382 g/mol. The van der Waals surface area contributed by atoms with E-state index >= 15 is 0 Å². The van der Waals surface area contributed by atoms with E-state index in [-0.39, 0.29) is 18.4 Å². The van der Waals surface area contributed by atoms with Gasteiger partial charge in [0, 0.05) is 44.4 Å². The molecule has 4 rings (SSSR count). The summed E-state index contributed by atoms with van der Waals surface area (Å²) < 4.78 is 11.0. The monoisotopic (exact) mass is 409 g/mol. The first kappa shape index (κ1) is 20.4. The summed E-state index contributed by atoms with van der Waals surface area (Å²) in [5.41, 5.74) is 2.56. The second kappa shape index (κ2) is 9.73. The van der Waals surface area contributed by atoms with Crippen LogP contribution in [0, 0.1) is 0 Å². The van der Waals surface area contributed by atoms with E-state index in [4.69, 9.17) is 9.47 Å². The molecule has 0 bridgehead atoms. The number of morpholine rings is 1. The Bertz CT molecular complexity index is 881. The quantitative estimate of drug-likeness (QED) is 0.760. The van der Waals surface area contributed by atoms with Crippen molar-refractivity contribution in [2.45, 2.75) is 12.8 Å². The van der Waals surface area contributed by atoms with Crippen LogP contribution < -0.4 is 15.0 Å². The first-order valence-electron chi connectivity index (χ1n) is 10.4. The van der Waals surface area contributed by atoms with Gasteiger partial charge in [-0.2, -0.15) is 0 Å². The van der Waals surface area contributed by atoms with Gasteiger partial charge >= 0.3 is 0 Å². The van der Waals surface area contributed by atoms with Gasteiger partial charge in [-0.25, -0.2) is 0 Å². The van der Waals surface area contributed by atoms with Crippen molar-refractivity contribution in [2.75, 3.05) is 56.2 Å². The second-order valence-corrected chi connectivity index (χ2v) is 7.50. The Hall–Kier alpha value is -2.90. The van der Waals surface area contributed by atoms with Crippen molar-refractivity contribution in [3.63, 3.8) is 0 Å². The number of ether oxygens (including phenoxy) is 2. The number of aryl methyl sites for hydroxylation is 1. The Kier molecular flexibility index (Phi) is 6.61. The van der Waals surface area contributed by atoms with Crippen molar-refractivity contribution in [3.05, 3.63) is 54.1 Å². The standard InChI is InChI=1S/C23H27N3O4/c27-22(9-6-18-4-2-1-3-5-18)24-19-7-8-20-21(16-19)30-17-23(28)26(20)11-10-25-12-14-29-15-13-25/h1-5,7-8,16H,6,9-15,17H2,(H,24,27). The first-order chi connectivity index (χ1) is 14.7. The van der Waals surface area contributed by atoms with Crippen molar-refractivity contribution in [1.29, 1.82) is 0 Å². The molecule has 158 valence electrons. The number of nitrogens with zero attached hydrogens (tertiary/aromatic N) is 2. The highest BCUT2D eigenvalue weighted by Gasteiger charge is 2.26. The van der Waals surface area contributed by atoms with E-state index in [9.17, 15) is 9.59 Å². The number of carbonyl (C=O) groups excluding carboxylic acids is 2. The van der Waals surface area contributed by atoms with E-state index in [2.05, 4.69) is 10.2 Å². The van der Waals surface area contributed by atoms with Crippen molar-refractivity contribution in [2.24, 2.45) is 0 Å². The van der Waals surface area contributed by atoms with Crippen LogP contribution in [0.25, 0.3) is 0 Å². The minimum Gasteiger partial charge on any atom is -0.481 e. The lowest BCUT2D eigenvalue weighted by molar-refractivity contribution is -0.121. The molecular formula is C23H27N3O4. The molecule has 0 radical (unpaired) electrons. The molecule has 2 aromatic carbocycles. The van der Waals surface area contributed by atoms with Crippen LogP contribution >= 0.6 is 0 Å². The Morgan fingerprint density at radius 2 is 1.83 bits per heavy atom. The molecule has 0 atom stereocenters. The first-order valence-corrected chi connectivity index (χ1v) is 10.4. The second-order valence-electron chi connectivity index (χ2n) is 7.50. The Morgan fingerprint density at radius 3 is 2.63 bits per heavy atom. The SMILES string of the molecule is O=C(CCc1ccccc1)Nc1ccc2c(c1)OCC(=O)N2CCN1CCOCC1. The summed E-state index contributed by atoms with van der Waals surface area (Å²) in [5, 5.41) is 2.93. The third-order valence-corrected chi connectivity index (χ3v) is 5.41. The van der Waals surface area contributed by atoms with Crippen LogP contribution in [0.2, 0.25) is 0 Å². The molecule has 7 heteroatoms. The van der Waals surface area contributed by atoms with E-state index in [1.165, 1.54) is 0 Å². The summed E-state index contributed by atoms with van der Waals surface area (Å²) in [6.07, 6.45) is 1.10. The Labute approximate surface area is 176 Å². The molecule has 2 aliphatic heterocycles. The van der Waals surface area contributed by atoms with Gasteiger partial charge < -0.3 is 19.7 Å². The molecule has 0 spiro atoms. The van der Waals surface area contributed by atoms with Crippen molar-refractivity contribution in [3.8, 4) is 5.75 Å². The van der Waals surface area contributed by atoms with Gasteiger partial charge in [0.1, 0.15) is 5.75 Å². The van der Waals surface area contributed by atoms with E-state index < -0.39 is 0 Å². The maximum Gasteiger partial charge on any atom is 0.265 e. The van der Waals surface area contributed by atoms with Gasteiger partial charge in [0.05, 0.1) is 18.9 Å². The highest BCUT2D eigenvalue weighted by atomic mass is 16.5. The van der Waals surface area contributed by atoms with E-state index in [1.54, 1.807) is 11.0 Å². The summed E-state index contributed by atoms with van der Waals surface area (Å²) in [5.74, 6) is 0.530. The number of fused-ring (bicyclic) bond motifs is 1. The number of anilines is 2. The number of hydrogen-bond donors (Lipinski definition) is 1. The number of rotatable bonds is 7. The minimum atomic E-state index is -0.0464. The molecule has 0 saturated carbocycles. The zero-order valence-corrected chi connectivity index (χ0v) is 17.0. The van der Waals surface area contributed by atoms with Gasteiger partial charge in [-0.05, 0) is 24.1 Å². The summed E-state index contributed by atoms with van der Waals surface area (Å²) in [7, 11) is 0. The molecule has 2 aromatic rings. The third kappa shape index (κ3) is 5.17. The Morgan fingerprint density at radius 1 is 1.03 bits per heavy atom. The molecule has 0 aliphatic carbocycles. The van der Waals surface area contributed by atoms with Gasteiger partial charge in [-0.15, -0.1) is 0 Å². The number of amides is 2. The molecule has 30 heavy (non-hydrogen) atoms. The predicted molar refractivity (Wildman–Crippen MR) is 115 cm³/mol. The topological polar surface area (TPSA) is 71.1 Å². The van der Waals surface area contributed by atoms with Crippen LogP contribution in [-0.2, 0) is 20.7 Å². The van der Waals surface area contributed by atoms with Gasteiger partial charge in [0.25, 0.3) is 5.91 Å². The fraction of sp³-hybridized carbons (Fsp3) is 0.391. The van der Waals surface area contributed by atoms with Crippen LogP contribution in [-0.4, -0.2) is 62.7 Å². The van der Waals surface area contributed by atoms with Crippen LogP contribution in [0.4, 0.5) is 11.4 Å². The average Bonchev–Trinajstić information content (AvgIpc) is 2.78. The number of nitrogens with one attached hydrogen (secondary N) is 1. The maximum atomic E-state index is 12.4. The van der Waals surface area contributed by atoms with Gasteiger partial charge in [-0.1, -0.05) is 30.3 Å². The minimum absolute atomic E-state index is 0.0154. The zero-order valence-electron chi connectivity index (χ0n) is 17.0. The molecule has 1 fully saturated rings. The normalized spacial score (nSPS) is 16.7. The third-order valence-electron chi connectivity index (χ3n) is 5.41. The molecule has 1 N–H and O–H groups in total. The lowest BCUT2D eigenvalue weighted by Gasteiger charge is -2.33. The van der Waals surface area contributed by atoms with Gasteiger partial charge in [-0.3, -0.25) is 14.5 Å². The van der Waals surface area contributed by atoms with Crippen molar-refractivity contribution >= 4 is 23.2 Å². The summed E-state index contributed by atoms with van der Waals surface area (Å²) >= 11 is 0. The van der Waals surface area contributed by atoms with Crippen LogP contribution in [0.15, 0.2) is 48.5 Å². The number of hydrogen-bond acceptors (Lipinski definition) is 5. The fourth-order valence-corrected chi connectivity index (χ4v) is 3.72. The van der Waals surface area contributed by atoms with E-state index in [1.807, 2.05) is 42.5 Å². The molecule has 2 amide bonds. The van der Waals surface area contributed by atoms with Crippen LogP contribution in [0.5, 0.6) is 5.75 Å². The smallest absolute Gasteiger partial charge is 0.265 e. The highest BCUT2D eigenvalue weighted by Crippen LogP contribution is 2.34. The summed E-state index contributed by atoms with van der Waals surface area (Å²) in [6.45, 7) is 4.67. The van der Waals surface area contributed by atoms with Crippen molar-refractivity contribution < 1.29 is 19.1 Å². The van der Waals surface area contributed by atoms with Gasteiger partial charge in [0.2, 0.25) is 5.91 Å². The summed E-state index contributed by atoms with van der Waals surface area (Å²) in [4.78, 5) is 28.8. The Balaban J connectivity index is 1.36. The zero-order chi connectivity index (χ0) is 20.8. The molecule has 0 unspecified atom stereocenters.